The quantitative estimate of drug-likeness (QED) is 0.490. The van der Waals surface area contributed by atoms with Gasteiger partial charge in [0.2, 0.25) is 6.10 Å². The highest BCUT2D eigenvalue weighted by molar-refractivity contribution is 5.97. The minimum Gasteiger partial charge on any atom is -0.450 e. The summed E-state index contributed by atoms with van der Waals surface area (Å²) in [5, 5.41) is 0. The molecule has 1 aliphatic heterocycles. The third-order valence-corrected chi connectivity index (χ3v) is 1.84. The summed E-state index contributed by atoms with van der Waals surface area (Å²) >= 11 is 0. The fourth-order valence-corrected chi connectivity index (χ4v) is 1.08. The van der Waals surface area contributed by atoms with Crippen molar-refractivity contribution < 1.29 is 23.9 Å². The van der Waals surface area contributed by atoms with Crippen LogP contribution in [0.3, 0.4) is 0 Å². The van der Waals surface area contributed by atoms with Crippen LogP contribution in [-0.2, 0) is 23.9 Å². The summed E-state index contributed by atoms with van der Waals surface area (Å²) < 4.78 is 8.99. The molecule has 14 heavy (non-hydrogen) atoms. The van der Waals surface area contributed by atoms with E-state index in [1.165, 1.54) is 0 Å². The second kappa shape index (κ2) is 4.74. The molecule has 1 aliphatic rings. The first-order valence-electron chi connectivity index (χ1n) is 4.57. The van der Waals surface area contributed by atoms with Crippen molar-refractivity contribution in [2.45, 2.75) is 38.7 Å². The second-order valence-corrected chi connectivity index (χ2v) is 3.08. The normalized spacial score (nSPS) is 20.8. The van der Waals surface area contributed by atoms with Gasteiger partial charge in [0.15, 0.2) is 0 Å². The minimum atomic E-state index is -1.02. The van der Waals surface area contributed by atoms with Gasteiger partial charge in [0, 0.05) is 6.42 Å². The van der Waals surface area contributed by atoms with Crippen molar-refractivity contribution in [1.29, 1.82) is 0 Å². The lowest BCUT2D eigenvalue weighted by atomic mass is 10.2. The fraction of sp³-hybridized carbons (Fsp3) is 0.667. The zero-order valence-electron chi connectivity index (χ0n) is 7.95. The molecule has 0 aromatic rings. The van der Waals surface area contributed by atoms with Crippen LogP contribution in [0.2, 0.25) is 0 Å². The van der Waals surface area contributed by atoms with Crippen LogP contribution in [0, 0.1) is 0 Å². The lowest BCUT2D eigenvalue weighted by Crippen LogP contribution is -2.22. The standard InChI is InChI=1S/C9H12O5/c1-2-3-4-7(10)13-6-5-8(11)14-9(6)12/h6H,2-5H2,1H3. The average Bonchev–Trinajstić information content (AvgIpc) is 2.42. The average molecular weight is 200 g/mol. The molecule has 78 valence electrons. The predicted octanol–water partition coefficient (Wildman–Crippen LogP) is 0.562. The zero-order valence-corrected chi connectivity index (χ0v) is 7.95. The topological polar surface area (TPSA) is 69.7 Å². The molecule has 1 saturated heterocycles. The molecule has 1 heterocycles. The molecule has 1 unspecified atom stereocenters. The Morgan fingerprint density at radius 1 is 1.57 bits per heavy atom. The summed E-state index contributed by atoms with van der Waals surface area (Å²) in [5.41, 5.74) is 0. The van der Waals surface area contributed by atoms with E-state index in [4.69, 9.17) is 4.74 Å². The Labute approximate surface area is 81.4 Å². The fourth-order valence-electron chi connectivity index (χ4n) is 1.08. The number of unbranched alkanes of at least 4 members (excludes halogenated alkanes) is 1. The van der Waals surface area contributed by atoms with Crippen molar-refractivity contribution in [1.82, 2.24) is 0 Å². The molecule has 5 nitrogen and oxygen atoms in total. The summed E-state index contributed by atoms with van der Waals surface area (Å²) in [7, 11) is 0. The first-order chi connectivity index (χ1) is 6.63. The third kappa shape index (κ3) is 2.83. The summed E-state index contributed by atoms with van der Waals surface area (Å²) in [5.74, 6) is -1.85. The van der Waals surface area contributed by atoms with Crippen LogP contribution in [0.25, 0.3) is 0 Å². The number of hydrogen-bond acceptors (Lipinski definition) is 5. The van der Waals surface area contributed by atoms with Crippen molar-refractivity contribution in [3.8, 4) is 0 Å². The number of rotatable bonds is 4. The van der Waals surface area contributed by atoms with Crippen LogP contribution in [0.1, 0.15) is 32.6 Å². The van der Waals surface area contributed by atoms with Gasteiger partial charge in [0.1, 0.15) is 0 Å². The van der Waals surface area contributed by atoms with Crippen molar-refractivity contribution in [3.63, 3.8) is 0 Å². The zero-order chi connectivity index (χ0) is 10.6. The van der Waals surface area contributed by atoms with Crippen LogP contribution in [0.15, 0.2) is 0 Å². The number of ether oxygens (including phenoxy) is 2. The van der Waals surface area contributed by atoms with E-state index >= 15 is 0 Å². The monoisotopic (exact) mass is 200 g/mol. The molecule has 0 amide bonds. The summed E-state index contributed by atoms with van der Waals surface area (Å²) in [6.45, 7) is 1.95. The SMILES string of the molecule is CCCCC(=O)OC1CC(=O)OC1=O. The Morgan fingerprint density at radius 3 is 2.79 bits per heavy atom. The van der Waals surface area contributed by atoms with E-state index in [0.717, 1.165) is 6.42 Å². The first kappa shape index (κ1) is 10.7. The van der Waals surface area contributed by atoms with Crippen molar-refractivity contribution in [3.05, 3.63) is 0 Å². The van der Waals surface area contributed by atoms with Gasteiger partial charge in [-0.2, -0.15) is 0 Å². The molecule has 0 bridgehead atoms. The molecular formula is C9H12O5. The molecule has 0 aromatic heterocycles. The van der Waals surface area contributed by atoms with Gasteiger partial charge in [-0.05, 0) is 6.42 Å². The lowest BCUT2D eigenvalue weighted by molar-refractivity contribution is -0.162. The molecule has 0 N–H and O–H groups in total. The van der Waals surface area contributed by atoms with Gasteiger partial charge in [0.05, 0.1) is 6.42 Å². The molecule has 0 radical (unpaired) electrons. The smallest absolute Gasteiger partial charge is 0.355 e. The van der Waals surface area contributed by atoms with Gasteiger partial charge < -0.3 is 9.47 Å². The van der Waals surface area contributed by atoms with E-state index in [2.05, 4.69) is 4.74 Å². The van der Waals surface area contributed by atoms with E-state index in [1.807, 2.05) is 6.92 Å². The van der Waals surface area contributed by atoms with Crippen LogP contribution < -0.4 is 0 Å². The maximum Gasteiger partial charge on any atom is 0.355 e. The third-order valence-electron chi connectivity index (χ3n) is 1.84. The molecule has 1 rings (SSSR count). The van der Waals surface area contributed by atoms with Gasteiger partial charge in [-0.25, -0.2) is 4.79 Å². The molecule has 0 aromatic carbocycles. The van der Waals surface area contributed by atoms with E-state index in [-0.39, 0.29) is 12.8 Å². The summed E-state index contributed by atoms with van der Waals surface area (Å²) in [6.07, 6.45) is 0.690. The maximum atomic E-state index is 11.1. The summed E-state index contributed by atoms with van der Waals surface area (Å²) in [6, 6.07) is 0. The Balaban J connectivity index is 2.33. The number of carbonyl (C=O) groups excluding carboxylic acids is 3. The van der Waals surface area contributed by atoms with Crippen molar-refractivity contribution >= 4 is 17.9 Å². The van der Waals surface area contributed by atoms with E-state index in [1.54, 1.807) is 0 Å². The van der Waals surface area contributed by atoms with E-state index in [0.29, 0.717) is 6.42 Å². The molecule has 1 atom stereocenters. The first-order valence-corrected chi connectivity index (χ1v) is 4.57. The summed E-state index contributed by atoms with van der Waals surface area (Å²) in [4.78, 5) is 32.6. The van der Waals surface area contributed by atoms with Gasteiger partial charge in [0.25, 0.3) is 0 Å². The Kier molecular flexibility index (Phi) is 3.62. The number of hydrogen-bond donors (Lipinski definition) is 0. The Hall–Kier alpha value is -1.39. The molecule has 5 heteroatoms. The van der Waals surface area contributed by atoms with Crippen molar-refractivity contribution in [2.24, 2.45) is 0 Å². The highest BCUT2D eigenvalue weighted by Gasteiger charge is 2.36. The molecule has 0 saturated carbocycles. The lowest BCUT2D eigenvalue weighted by Gasteiger charge is -2.06. The second-order valence-electron chi connectivity index (χ2n) is 3.08. The van der Waals surface area contributed by atoms with Gasteiger partial charge in [-0.3, -0.25) is 9.59 Å². The molecule has 0 spiro atoms. The van der Waals surface area contributed by atoms with E-state index < -0.39 is 24.0 Å². The predicted molar refractivity (Wildman–Crippen MR) is 45.1 cm³/mol. The largest absolute Gasteiger partial charge is 0.450 e. The van der Waals surface area contributed by atoms with Crippen LogP contribution in [0.4, 0.5) is 0 Å². The maximum absolute atomic E-state index is 11.1. The number of carbonyl (C=O) groups is 3. The van der Waals surface area contributed by atoms with Crippen molar-refractivity contribution in [2.75, 3.05) is 0 Å². The van der Waals surface area contributed by atoms with Gasteiger partial charge in [-0.1, -0.05) is 13.3 Å². The Morgan fingerprint density at radius 2 is 2.29 bits per heavy atom. The highest BCUT2D eigenvalue weighted by atomic mass is 16.6. The van der Waals surface area contributed by atoms with Crippen LogP contribution in [-0.4, -0.2) is 24.0 Å². The van der Waals surface area contributed by atoms with Gasteiger partial charge in [-0.15, -0.1) is 0 Å². The van der Waals surface area contributed by atoms with Crippen LogP contribution in [0.5, 0.6) is 0 Å². The Bertz CT molecular complexity index is 258. The number of esters is 3. The highest BCUT2D eigenvalue weighted by Crippen LogP contribution is 2.13. The van der Waals surface area contributed by atoms with Gasteiger partial charge >= 0.3 is 17.9 Å². The number of cyclic esters (lactones) is 2. The minimum absolute atomic E-state index is 0.156. The van der Waals surface area contributed by atoms with E-state index in [9.17, 15) is 14.4 Å². The molecular weight excluding hydrogens is 188 g/mol. The molecule has 1 fully saturated rings. The van der Waals surface area contributed by atoms with Crippen LogP contribution >= 0.6 is 0 Å². The molecule has 0 aliphatic carbocycles.